The average molecular weight is 335 g/mol. The Bertz CT molecular complexity index is 361. The number of halogens is 1. The first kappa shape index (κ1) is 13.9. The second kappa shape index (κ2) is 6.06. The summed E-state index contributed by atoms with van der Waals surface area (Å²) in [6.07, 6.45) is 2.44. The Morgan fingerprint density at radius 3 is 2.71 bits per heavy atom. The highest BCUT2D eigenvalue weighted by molar-refractivity contribution is 9.10. The number of likely N-dealkylation sites (N-methyl/N-ethyl adjacent to an activating group) is 1. The standard InChI is InChI=1S/C12H19BrN2S2/c1-15(7-11-6-10(13)8-17-11)12(9-14)2-4-16-5-3-12/h6,8H,2-5,7,9,14H2,1H3. The molecular formula is C12H19BrN2S2. The van der Waals surface area contributed by atoms with Gasteiger partial charge in [0.2, 0.25) is 0 Å². The van der Waals surface area contributed by atoms with Gasteiger partial charge in [-0.15, -0.1) is 11.3 Å². The second-order valence-corrected chi connectivity index (χ2v) is 7.76. The molecule has 0 bridgehead atoms. The van der Waals surface area contributed by atoms with E-state index in [1.165, 1.54) is 33.7 Å². The van der Waals surface area contributed by atoms with Crippen molar-refractivity contribution in [1.82, 2.24) is 4.90 Å². The molecule has 0 amide bonds. The van der Waals surface area contributed by atoms with Crippen molar-refractivity contribution in [3.05, 3.63) is 20.8 Å². The van der Waals surface area contributed by atoms with E-state index in [4.69, 9.17) is 5.73 Å². The molecule has 0 saturated carbocycles. The van der Waals surface area contributed by atoms with Crippen LogP contribution >= 0.6 is 39.0 Å². The molecule has 2 N–H and O–H groups in total. The minimum atomic E-state index is 0.224. The lowest BCUT2D eigenvalue weighted by Gasteiger charge is -2.43. The van der Waals surface area contributed by atoms with Crippen LogP contribution in [0.2, 0.25) is 0 Å². The van der Waals surface area contributed by atoms with Gasteiger partial charge in [-0.1, -0.05) is 0 Å². The first-order valence-electron chi connectivity index (χ1n) is 5.88. The summed E-state index contributed by atoms with van der Waals surface area (Å²) in [5.74, 6) is 2.49. The molecular weight excluding hydrogens is 316 g/mol. The number of hydrogen-bond donors (Lipinski definition) is 1. The molecule has 2 rings (SSSR count). The summed E-state index contributed by atoms with van der Waals surface area (Å²) in [5.41, 5.74) is 6.27. The van der Waals surface area contributed by atoms with Crippen LogP contribution < -0.4 is 5.73 Å². The topological polar surface area (TPSA) is 29.3 Å². The van der Waals surface area contributed by atoms with E-state index >= 15 is 0 Å². The molecule has 0 aliphatic carbocycles. The minimum absolute atomic E-state index is 0.224. The van der Waals surface area contributed by atoms with Gasteiger partial charge in [-0.2, -0.15) is 11.8 Å². The van der Waals surface area contributed by atoms with Crippen LogP contribution in [-0.4, -0.2) is 35.5 Å². The van der Waals surface area contributed by atoms with Gasteiger partial charge in [0.1, 0.15) is 0 Å². The predicted octanol–water partition coefficient (Wildman–Crippen LogP) is 3.17. The van der Waals surface area contributed by atoms with E-state index in [0.29, 0.717) is 0 Å². The van der Waals surface area contributed by atoms with Crippen LogP contribution in [0.1, 0.15) is 17.7 Å². The van der Waals surface area contributed by atoms with Crippen molar-refractivity contribution >= 4 is 39.0 Å². The zero-order chi connectivity index (χ0) is 12.3. The maximum Gasteiger partial charge on any atom is 0.0348 e. The maximum atomic E-state index is 6.04. The summed E-state index contributed by atoms with van der Waals surface area (Å²) in [6, 6.07) is 2.21. The molecule has 1 aliphatic rings. The number of nitrogens with zero attached hydrogens (tertiary/aromatic N) is 1. The van der Waals surface area contributed by atoms with Gasteiger partial charge in [0, 0.05) is 33.4 Å². The molecule has 0 spiro atoms. The largest absolute Gasteiger partial charge is 0.329 e. The molecule has 0 radical (unpaired) electrons. The van der Waals surface area contributed by atoms with Crippen molar-refractivity contribution in [2.75, 3.05) is 25.1 Å². The normalized spacial score (nSPS) is 19.8. The van der Waals surface area contributed by atoms with Gasteiger partial charge in [-0.05, 0) is 53.4 Å². The number of hydrogen-bond acceptors (Lipinski definition) is 4. The first-order valence-corrected chi connectivity index (χ1v) is 8.71. The third-order valence-corrected chi connectivity index (χ3v) is 6.30. The molecule has 5 heteroatoms. The molecule has 2 nitrogen and oxygen atoms in total. The molecule has 1 fully saturated rings. The van der Waals surface area contributed by atoms with Gasteiger partial charge in [0.05, 0.1) is 0 Å². The smallest absolute Gasteiger partial charge is 0.0348 e. The van der Waals surface area contributed by atoms with Crippen LogP contribution in [0.3, 0.4) is 0 Å². The highest BCUT2D eigenvalue weighted by Gasteiger charge is 2.34. The molecule has 1 saturated heterocycles. The van der Waals surface area contributed by atoms with Crippen molar-refractivity contribution in [3.8, 4) is 0 Å². The molecule has 96 valence electrons. The van der Waals surface area contributed by atoms with E-state index in [2.05, 4.69) is 51.1 Å². The quantitative estimate of drug-likeness (QED) is 0.916. The predicted molar refractivity (Wildman–Crippen MR) is 81.8 cm³/mol. The van der Waals surface area contributed by atoms with Crippen LogP contribution in [-0.2, 0) is 6.54 Å². The monoisotopic (exact) mass is 334 g/mol. The Balaban J connectivity index is 2.04. The summed E-state index contributed by atoms with van der Waals surface area (Å²) >= 11 is 7.38. The minimum Gasteiger partial charge on any atom is -0.329 e. The second-order valence-electron chi connectivity index (χ2n) is 4.63. The van der Waals surface area contributed by atoms with Crippen LogP contribution in [0.4, 0.5) is 0 Å². The number of thioether (sulfide) groups is 1. The average Bonchev–Trinajstić information content (AvgIpc) is 2.75. The first-order chi connectivity index (χ1) is 8.16. The Hall–Kier alpha value is 0.450. The SMILES string of the molecule is CN(Cc1cc(Br)cs1)C1(CN)CCSCC1. The van der Waals surface area contributed by atoms with E-state index in [0.717, 1.165) is 13.1 Å². The van der Waals surface area contributed by atoms with Gasteiger partial charge >= 0.3 is 0 Å². The number of nitrogens with two attached hydrogens (primary N) is 1. The molecule has 0 aromatic carbocycles. The van der Waals surface area contributed by atoms with E-state index in [-0.39, 0.29) is 5.54 Å². The van der Waals surface area contributed by atoms with Crippen molar-refractivity contribution < 1.29 is 0 Å². The third-order valence-electron chi connectivity index (χ3n) is 3.63. The number of thiophene rings is 1. The Kier molecular flexibility index (Phi) is 4.95. The Morgan fingerprint density at radius 2 is 2.18 bits per heavy atom. The number of rotatable bonds is 4. The Morgan fingerprint density at radius 1 is 1.47 bits per heavy atom. The van der Waals surface area contributed by atoms with E-state index in [9.17, 15) is 0 Å². The molecule has 17 heavy (non-hydrogen) atoms. The lowest BCUT2D eigenvalue weighted by Crippen LogP contribution is -2.53. The van der Waals surface area contributed by atoms with Crippen LogP contribution in [0.15, 0.2) is 15.9 Å². The van der Waals surface area contributed by atoms with Crippen molar-refractivity contribution in [3.63, 3.8) is 0 Å². The Labute approximate surface area is 120 Å². The lowest BCUT2D eigenvalue weighted by molar-refractivity contribution is 0.109. The molecule has 0 atom stereocenters. The van der Waals surface area contributed by atoms with E-state index in [1.807, 2.05) is 11.3 Å². The maximum absolute atomic E-state index is 6.04. The molecule has 1 aliphatic heterocycles. The highest BCUT2D eigenvalue weighted by atomic mass is 79.9. The molecule has 1 aromatic heterocycles. The van der Waals surface area contributed by atoms with E-state index in [1.54, 1.807) is 0 Å². The molecule has 0 unspecified atom stereocenters. The van der Waals surface area contributed by atoms with E-state index < -0.39 is 0 Å². The van der Waals surface area contributed by atoms with Gasteiger partial charge in [0.15, 0.2) is 0 Å². The van der Waals surface area contributed by atoms with Crippen molar-refractivity contribution in [1.29, 1.82) is 0 Å². The van der Waals surface area contributed by atoms with Crippen LogP contribution in [0.5, 0.6) is 0 Å². The zero-order valence-electron chi connectivity index (χ0n) is 10.1. The molecule has 2 heterocycles. The fourth-order valence-electron chi connectivity index (χ4n) is 2.33. The summed E-state index contributed by atoms with van der Waals surface area (Å²) < 4.78 is 1.19. The lowest BCUT2D eigenvalue weighted by atomic mass is 9.90. The van der Waals surface area contributed by atoms with Gasteiger partial charge in [-0.3, -0.25) is 4.90 Å². The van der Waals surface area contributed by atoms with Gasteiger partial charge in [0.25, 0.3) is 0 Å². The zero-order valence-corrected chi connectivity index (χ0v) is 13.3. The summed E-state index contributed by atoms with van der Waals surface area (Å²) in [6.45, 7) is 1.79. The summed E-state index contributed by atoms with van der Waals surface area (Å²) in [7, 11) is 2.22. The molecule has 1 aromatic rings. The van der Waals surface area contributed by atoms with Crippen molar-refractivity contribution in [2.45, 2.75) is 24.9 Å². The van der Waals surface area contributed by atoms with Crippen molar-refractivity contribution in [2.24, 2.45) is 5.73 Å². The van der Waals surface area contributed by atoms with Gasteiger partial charge in [-0.25, -0.2) is 0 Å². The van der Waals surface area contributed by atoms with Crippen LogP contribution in [0, 0.1) is 0 Å². The summed E-state index contributed by atoms with van der Waals surface area (Å²) in [5, 5.41) is 2.15. The van der Waals surface area contributed by atoms with Gasteiger partial charge < -0.3 is 5.73 Å². The third kappa shape index (κ3) is 3.26. The fourth-order valence-corrected chi connectivity index (χ4v) is 5.09. The fraction of sp³-hybridized carbons (Fsp3) is 0.667. The highest BCUT2D eigenvalue weighted by Crippen LogP contribution is 2.32. The summed E-state index contributed by atoms with van der Waals surface area (Å²) in [4.78, 5) is 3.87. The van der Waals surface area contributed by atoms with Crippen LogP contribution in [0.25, 0.3) is 0 Å².